The van der Waals surface area contributed by atoms with E-state index in [2.05, 4.69) is 31.0 Å². The van der Waals surface area contributed by atoms with Crippen LogP contribution < -0.4 is 5.32 Å². The molecule has 1 saturated carbocycles. The molecule has 0 aromatic rings. The molecule has 2 fully saturated rings. The molecule has 0 spiro atoms. The van der Waals surface area contributed by atoms with Gasteiger partial charge in [-0.2, -0.15) is 0 Å². The van der Waals surface area contributed by atoms with Gasteiger partial charge in [0.15, 0.2) is 0 Å². The quantitative estimate of drug-likeness (QED) is 0.847. The maximum Gasteiger partial charge on any atom is 0.223 e. The summed E-state index contributed by atoms with van der Waals surface area (Å²) in [6.07, 6.45) is 5.73. The van der Waals surface area contributed by atoms with Crippen LogP contribution in [0.3, 0.4) is 0 Å². The highest BCUT2D eigenvalue weighted by molar-refractivity contribution is 5.78. The lowest BCUT2D eigenvalue weighted by Gasteiger charge is -2.35. The van der Waals surface area contributed by atoms with Gasteiger partial charge in [0.2, 0.25) is 5.91 Å². The van der Waals surface area contributed by atoms with Crippen molar-refractivity contribution in [2.24, 2.45) is 11.8 Å². The van der Waals surface area contributed by atoms with E-state index in [4.69, 9.17) is 4.74 Å². The van der Waals surface area contributed by atoms with E-state index < -0.39 is 0 Å². The van der Waals surface area contributed by atoms with Gasteiger partial charge in [0.25, 0.3) is 0 Å². The molecule has 4 heteroatoms. The minimum atomic E-state index is 0.251. The molecule has 1 amide bonds. The molecule has 122 valence electrons. The van der Waals surface area contributed by atoms with Crippen LogP contribution in [-0.4, -0.2) is 49.2 Å². The molecule has 1 heterocycles. The molecular formula is C17H32N2O2. The number of carbonyl (C=O) groups excluding carboxylic acids is 1. The number of hydrogen-bond donors (Lipinski definition) is 1. The fourth-order valence-corrected chi connectivity index (χ4v) is 3.41. The monoisotopic (exact) mass is 296 g/mol. The zero-order valence-electron chi connectivity index (χ0n) is 13.9. The summed E-state index contributed by atoms with van der Waals surface area (Å²) >= 11 is 0. The molecule has 0 radical (unpaired) electrons. The van der Waals surface area contributed by atoms with Crippen LogP contribution in [0, 0.1) is 11.8 Å². The Morgan fingerprint density at radius 1 is 1.29 bits per heavy atom. The van der Waals surface area contributed by atoms with Gasteiger partial charge in [0.1, 0.15) is 0 Å². The van der Waals surface area contributed by atoms with Crippen molar-refractivity contribution < 1.29 is 9.53 Å². The van der Waals surface area contributed by atoms with Gasteiger partial charge in [-0.3, -0.25) is 9.69 Å². The van der Waals surface area contributed by atoms with Crippen LogP contribution in [0.2, 0.25) is 0 Å². The van der Waals surface area contributed by atoms with Crippen molar-refractivity contribution in [3.8, 4) is 0 Å². The van der Waals surface area contributed by atoms with E-state index in [9.17, 15) is 4.79 Å². The SMILES string of the molecule is CC1CCC(C(=O)NCCC2CN(C(C)C)CCO2)CC1. The second kappa shape index (κ2) is 8.14. The van der Waals surface area contributed by atoms with E-state index >= 15 is 0 Å². The molecule has 21 heavy (non-hydrogen) atoms. The number of amides is 1. The van der Waals surface area contributed by atoms with E-state index in [-0.39, 0.29) is 17.9 Å². The molecule has 2 aliphatic rings. The molecule has 1 saturated heterocycles. The molecule has 4 nitrogen and oxygen atoms in total. The van der Waals surface area contributed by atoms with Crippen molar-refractivity contribution in [1.82, 2.24) is 10.2 Å². The molecule has 0 aromatic carbocycles. The first-order valence-corrected chi connectivity index (χ1v) is 8.69. The largest absolute Gasteiger partial charge is 0.375 e. The molecule has 1 N–H and O–H groups in total. The Morgan fingerprint density at radius 2 is 2.00 bits per heavy atom. The molecular weight excluding hydrogens is 264 g/mol. The van der Waals surface area contributed by atoms with Crippen molar-refractivity contribution in [3.05, 3.63) is 0 Å². The Labute approximate surface area is 129 Å². The summed E-state index contributed by atoms with van der Waals surface area (Å²) in [5.41, 5.74) is 0. The van der Waals surface area contributed by atoms with Gasteiger partial charge < -0.3 is 10.1 Å². The minimum Gasteiger partial charge on any atom is -0.375 e. The second-order valence-electron chi connectivity index (χ2n) is 7.12. The topological polar surface area (TPSA) is 41.6 Å². The normalized spacial score (nSPS) is 31.3. The Morgan fingerprint density at radius 3 is 2.67 bits per heavy atom. The number of nitrogens with one attached hydrogen (secondary N) is 1. The molecule has 2 rings (SSSR count). The van der Waals surface area contributed by atoms with E-state index in [0.29, 0.717) is 6.04 Å². The van der Waals surface area contributed by atoms with Gasteiger partial charge in [-0.1, -0.05) is 6.92 Å². The summed E-state index contributed by atoms with van der Waals surface area (Å²) in [4.78, 5) is 14.6. The average Bonchev–Trinajstić information content (AvgIpc) is 2.48. The lowest BCUT2D eigenvalue weighted by atomic mass is 9.82. The third-order valence-electron chi connectivity index (χ3n) is 5.05. The van der Waals surface area contributed by atoms with E-state index in [1.165, 1.54) is 12.8 Å². The Kier molecular flexibility index (Phi) is 6.49. The lowest BCUT2D eigenvalue weighted by molar-refractivity contribution is -0.126. The van der Waals surface area contributed by atoms with Crippen molar-refractivity contribution in [2.45, 2.75) is 65.0 Å². The van der Waals surface area contributed by atoms with Crippen LogP contribution in [0.25, 0.3) is 0 Å². The second-order valence-corrected chi connectivity index (χ2v) is 7.12. The molecule has 1 unspecified atom stereocenters. The van der Waals surface area contributed by atoms with Crippen LogP contribution in [-0.2, 0) is 9.53 Å². The van der Waals surface area contributed by atoms with Gasteiger partial charge in [-0.25, -0.2) is 0 Å². The minimum absolute atomic E-state index is 0.251. The maximum atomic E-state index is 12.2. The number of nitrogens with zero attached hydrogens (tertiary/aromatic N) is 1. The first-order valence-electron chi connectivity index (χ1n) is 8.69. The van der Waals surface area contributed by atoms with Gasteiger partial charge in [-0.15, -0.1) is 0 Å². The molecule has 0 bridgehead atoms. The smallest absolute Gasteiger partial charge is 0.223 e. The van der Waals surface area contributed by atoms with Crippen molar-refractivity contribution in [2.75, 3.05) is 26.2 Å². The van der Waals surface area contributed by atoms with E-state index in [1.807, 2.05) is 0 Å². The van der Waals surface area contributed by atoms with Crippen LogP contribution in [0.15, 0.2) is 0 Å². The van der Waals surface area contributed by atoms with Crippen molar-refractivity contribution in [3.63, 3.8) is 0 Å². The highest BCUT2D eigenvalue weighted by Crippen LogP contribution is 2.28. The predicted octanol–water partition coefficient (Wildman–Crippen LogP) is 2.43. The molecule has 1 aliphatic heterocycles. The first kappa shape index (κ1) is 16.8. The predicted molar refractivity (Wildman–Crippen MR) is 85.2 cm³/mol. The molecule has 1 atom stereocenters. The van der Waals surface area contributed by atoms with Crippen LogP contribution in [0.4, 0.5) is 0 Å². The van der Waals surface area contributed by atoms with Crippen LogP contribution in [0.1, 0.15) is 52.9 Å². The molecule has 1 aliphatic carbocycles. The number of rotatable bonds is 5. The van der Waals surface area contributed by atoms with Gasteiger partial charge in [0.05, 0.1) is 12.7 Å². The third kappa shape index (κ3) is 5.26. The number of hydrogen-bond acceptors (Lipinski definition) is 3. The van der Waals surface area contributed by atoms with E-state index in [1.54, 1.807) is 0 Å². The Balaban J connectivity index is 1.63. The number of carbonyl (C=O) groups is 1. The van der Waals surface area contributed by atoms with Crippen molar-refractivity contribution in [1.29, 1.82) is 0 Å². The van der Waals surface area contributed by atoms with Crippen LogP contribution in [0.5, 0.6) is 0 Å². The van der Waals surface area contributed by atoms with Crippen molar-refractivity contribution >= 4 is 5.91 Å². The van der Waals surface area contributed by atoms with Gasteiger partial charge in [-0.05, 0) is 51.9 Å². The summed E-state index contributed by atoms with van der Waals surface area (Å²) in [5, 5.41) is 3.12. The standard InChI is InChI=1S/C17H32N2O2/c1-13(2)19-10-11-21-16(12-19)8-9-18-17(20)15-6-4-14(3)5-7-15/h13-16H,4-12H2,1-3H3,(H,18,20). The first-order chi connectivity index (χ1) is 10.1. The summed E-state index contributed by atoms with van der Waals surface area (Å²) in [6.45, 7) is 10.3. The van der Waals surface area contributed by atoms with E-state index in [0.717, 1.165) is 51.4 Å². The average molecular weight is 296 g/mol. The Bertz CT molecular complexity index is 325. The zero-order chi connectivity index (χ0) is 15.2. The Hall–Kier alpha value is -0.610. The summed E-state index contributed by atoms with van der Waals surface area (Å²) < 4.78 is 5.81. The van der Waals surface area contributed by atoms with Gasteiger partial charge in [0, 0.05) is 31.6 Å². The third-order valence-corrected chi connectivity index (χ3v) is 5.05. The summed E-state index contributed by atoms with van der Waals surface area (Å²) in [6, 6.07) is 0.579. The van der Waals surface area contributed by atoms with Crippen LogP contribution >= 0.6 is 0 Å². The zero-order valence-corrected chi connectivity index (χ0v) is 13.9. The highest BCUT2D eigenvalue weighted by atomic mass is 16.5. The highest BCUT2D eigenvalue weighted by Gasteiger charge is 2.25. The summed E-state index contributed by atoms with van der Waals surface area (Å²) in [7, 11) is 0. The fourth-order valence-electron chi connectivity index (χ4n) is 3.41. The fraction of sp³-hybridized carbons (Fsp3) is 0.941. The molecule has 0 aromatic heterocycles. The summed E-state index contributed by atoms with van der Waals surface area (Å²) in [5.74, 6) is 1.31. The lowest BCUT2D eigenvalue weighted by Crippen LogP contribution is -2.46. The number of morpholine rings is 1. The maximum absolute atomic E-state index is 12.2. The van der Waals surface area contributed by atoms with Gasteiger partial charge >= 0.3 is 0 Å². The number of ether oxygens (including phenoxy) is 1.